The van der Waals surface area contributed by atoms with Crippen LogP contribution in [0.15, 0.2) is 47.5 Å². The van der Waals surface area contributed by atoms with Gasteiger partial charge in [0, 0.05) is 17.9 Å². The van der Waals surface area contributed by atoms with Crippen molar-refractivity contribution < 1.29 is 104 Å². The molecule has 2 aromatic rings. The maximum Gasteiger partial charge on any atom is 0.474 e. The van der Waals surface area contributed by atoms with Crippen LogP contribution in [-0.4, -0.2) is 141 Å². The molecule has 29 heteroatoms. The largest absolute Gasteiger partial charge is 0.479 e. The number of carbonyl (C=O) groups excluding carboxylic acids is 2. The van der Waals surface area contributed by atoms with Gasteiger partial charge in [0.25, 0.3) is 0 Å². The van der Waals surface area contributed by atoms with Crippen molar-refractivity contribution in [1.29, 1.82) is 0 Å². The molecule has 12 N–H and O–H groups in total. The van der Waals surface area contributed by atoms with E-state index in [1.165, 1.54) is 6.42 Å². The molecule has 0 radical (unpaired) electrons. The van der Waals surface area contributed by atoms with E-state index in [1.54, 1.807) is 0 Å². The number of ether oxygens (including phenoxy) is 4. The molecule has 0 aromatic heterocycles. The van der Waals surface area contributed by atoms with Gasteiger partial charge in [0.15, 0.2) is 24.8 Å². The number of halogens is 7. The number of hydrogen-bond acceptors (Lipinski definition) is 15. The molecule has 2 heterocycles. The molecule has 4 rings (SSSR count). The Hall–Kier alpha value is -4.22. The van der Waals surface area contributed by atoms with Crippen LogP contribution in [0, 0.1) is 0 Å². The van der Waals surface area contributed by atoms with Crippen molar-refractivity contribution in [1.82, 2.24) is 5.32 Å². The van der Waals surface area contributed by atoms with Gasteiger partial charge < -0.3 is 71.5 Å². The summed E-state index contributed by atoms with van der Waals surface area (Å²) in [5, 5.41) is 56.8. The smallest absolute Gasteiger partial charge is 0.474 e. The lowest BCUT2D eigenvalue weighted by molar-refractivity contribution is -0.323. The number of phosphoric ester groups is 1. The minimum atomic E-state index is -5.71. The molecule has 2 aromatic carbocycles. The fourth-order valence-corrected chi connectivity index (χ4v) is 8.56. The number of hydrogen-bond donors (Lipinski definition) is 10. The highest BCUT2D eigenvalue weighted by atomic mass is 35.5. The quantitative estimate of drug-likeness (QED) is 0.0203. The van der Waals surface area contributed by atoms with Gasteiger partial charge in [-0.05, 0) is 36.8 Å². The van der Waals surface area contributed by atoms with Crippen molar-refractivity contribution in [3.05, 3.63) is 64.2 Å². The van der Waals surface area contributed by atoms with Gasteiger partial charge in [-0.15, -0.1) is 0 Å². The van der Waals surface area contributed by atoms with E-state index in [4.69, 9.17) is 51.1 Å². The second-order valence-electron chi connectivity index (χ2n) is 16.8. The highest BCUT2D eigenvalue weighted by Gasteiger charge is 2.55. The SMILES string of the molecule is CCCCCCCCCCCCOC(COP(=O)(O)OC1OC(C(N)=O)C(O)C(NC(=O)Nc2ccc(Cl)c(C(F)(F)F)c2)C1OC1OC(CO)C(O)C(O)C1N=C(N)c1cccc(C(F)(F)F)c1)C(=O)O. The van der Waals surface area contributed by atoms with Crippen molar-refractivity contribution in [2.24, 2.45) is 16.5 Å². The first-order chi connectivity index (χ1) is 33.8. The molecule has 21 nitrogen and oxygen atoms in total. The summed E-state index contributed by atoms with van der Waals surface area (Å²) in [4.78, 5) is 53.3. The summed E-state index contributed by atoms with van der Waals surface area (Å²) in [5.74, 6) is -3.90. The highest BCUT2D eigenvalue weighted by molar-refractivity contribution is 7.47. The Labute approximate surface area is 413 Å². The van der Waals surface area contributed by atoms with Gasteiger partial charge in [-0.3, -0.25) is 18.8 Å². The van der Waals surface area contributed by atoms with E-state index in [2.05, 4.69) is 17.2 Å². The number of unbranched alkanes of at least 4 members (excludes halogenated alkanes) is 9. The fourth-order valence-electron chi connectivity index (χ4n) is 7.52. The van der Waals surface area contributed by atoms with Crippen molar-refractivity contribution in [2.75, 3.05) is 25.1 Å². The summed E-state index contributed by atoms with van der Waals surface area (Å²) in [6.07, 6.45) is -20.1. The van der Waals surface area contributed by atoms with Gasteiger partial charge >= 0.3 is 32.2 Å². The van der Waals surface area contributed by atoms with Crippen molar-refractivity contribution in [3.8, 4) is 0 Å². The number of nitrogens with one attached hydrogen (secondary N) is 2. The molecule has 72 heavy (non-hydrogen) atoms. The van der Waals surface area contributed by atoms with Gasteiger partial charge in [0.1, 0.15) is 42.4 Å². The number of primary amides is 1. The van der Waals surface area contributed by atoms with Crippen molar-refractivity contribution in [3.63, 3.8) is 0 Å². The molecule has 0 aliphatic carbocycles. The maximum atomic E-state index is 13.7. The molecule has 2 saturated heterocycles. The zero-order valence-electron chi connectivity index (χ0n) is 38.5. The van der Waals surface area contributed by atoms with Crippen LogP contribution in [0.4, 0.5) is 36.8 Å². The first-order valence-corrected chi connectivity index (χ1v) is 24.5. The minimum Gasteiger partial charge on any atom is -0.479 e. The molecule has 12 unspecified atom stereocenters. The highest BCUT2D eigenvalue weighted by Crippen LogP contribution is 2.47. The van der Waals surface area contributed by atoms with Gasteiger partial charge in [-0.1, -0.05) is 88.4 Å². The number of alkyl halides is 6. The number of rotatable bonds is 26. The van der Waals surface area contributed by atoms with E-state index in [0.29, 0.717) is 31.0 Å². The number of carboxylic acids is 1. The summed E-state index contributed by atoms with van der Waals surface area (Å²) in [5.41, 5.74) is 8.00. The third-order valence-electron chi connectivity index (χ3n) is 11.3. The number of aliphatic imine (C=N–C) groups is 1. The predicted molar refractivity (Wildman–Crippen MR) is 241 cm³/mol. The summed E-state index contributed by atoms with van der Waals surface area (Å²) < 4.78 is 128. The first-order valence-electron chi connectivity index (χ1n) is 22.6. The number of phosphoric acid groups is 1. The van der Waals surface area contributed by atoms with Crippen molar-refractivity contribution >= 4 is 48.9 Å². The number of amides is 3. The van der Waals surface area contributed by atoms with E-state index >= 15 is 0 Å². The van der Waals surface area contributed by atoms with E-state index < -0.39 is 152 Å². The van der Waals surface area contributed by atoms with Crippen LogP contribution in [0.1, 0.15) is 87.8 Å². The number of benzene rings is 2. The van der Waals surface area contributed by atoms with Crippen LogP contribution < -0.4 is 22.1 Å². The molecule has 2 fully saturated rings. The van der Waals surface area contributed by atoms with Crippen LogP contribution in [0.5, 0.6) is 0 Å². The zero-order valence-corrected chi connectivity index (χ0v) is 40.2. The monoisotopic (exact) mass is 1080 g/mol. The van der Waals surface area contributed by atoms with Crippen molar-refractivity contribution in [2.45, 2.75) is 151 Å². The number of carbonyl (C=O) groups is 3. The number of carboxylic acid groups (broad SMARTS) is 1. The van der Waals surface area contributed by atoms with Crippen LogP contribution in [-0.2, 0) is 54.5 Å². The summed E-state index contributed by atoms with van der Waals surface area (Å²) in [7, 11) is -5.71. The van der Waals surface area contributed by atoms with Crippen LogP contribution in [0.25, 0.3) is 0 Å². The summed E-state index contributed by atoms with van der Waals surface area (Å²) >= 11 is 5.70. The number of anilines is 1. The normalized spacial score (nSPS) is 26.4. The maximum absolute atomic E-state index is 13.7. The second-order valence-corrected chi connectivity index (χ2v) is 18.6. The Balaban J connectivity index is 1.67. The average Bonchev–Trinajstić information content (AvgIpc) is 3.30. The predicted octanol–water partition coefficient (Wildman–Crippen LogP) is 4.56. The number of nitrogens with two attached hydrogens (primary N) is 2. The van der Waals surface area contributed by atoms with E-state index in [-0.39, 0.29) is 6.61 Å². The summed E-state index contributed by atoms with van der Waals surface area (Å²) in [6, 6.07) is -0.328. The Kier molecular flexibility index (Phi) is 22.9. The van der Waals surface area contributed by atoms with E-state index in [9.17, 15) is 75.7 Å². The number of amidine groups is 1. The molecule has 0 spiro atoms. The Morgan fingerprint density at radius 1 is 0.875 bits per heavy atom. The van der Waals surface area contributed by atoms with Gasteiger partial charge in [-0.2, -0.15) is 26.3 Å². The lowest BCUT2D eigenvalue weighted by Crippen LogP contribution is -2.69. The lowest BCUT2D eigenvalue weighted by Gasteiger charge is -2.47. The third kappa shape index (κ3) is 17.7. The van der Waals surface area contributed by atoms with Gasteiger partial charge in [0.05, 0.1) is 35.4 Å². The van der Waals surface area contributed by atoms with Crippen LogP contribution in [0.3, 0.4) is 0 Å². The molecule has 3 amide bonds. The molecule has 0 bridgehead atoms. The van der Waals surface area contributed by atoms with Gasteiger partial charge in [-0.25, -0.2) is 14.2 Å². The van der Waals surface area contributed by atoms with Crippen LogP contribution in [0.2, 0.25) is 5.02 Å². The van der Waals surface area contributed by atoms with E-state index in [0.717, 1.165) is 69.2 Å². The molecule has 406 valence electrons. The minimum absolute atomic E-state index is 0.102. The Morgan fingerprint density at radius 3 is 2.10 bits per heavy atom. The lowest BCUT2D eigenvalue weighted by atomic mass is 9.94. The molecule has 0 saturated carbocycles. The summed E-state index contributed by atoms with van der Waals surface area (Å²) in [6.45, 7) is -0.221. The van der Waals surface area contributed by atoms with Gasteiger partial charge in [0.2, 0.25) is 5.91 Å². The molecular formula is C43H59ClF6N5O16P. The number of aliphatic hydroxyl groups excluding tert-OH is 4. The Bertz CT molecular complexity index is 2190. The number of nitrogens with zero attached hydrogens (tertiary/aromatic N) is 1. The standard InChI is InChI=1S/C43H59ClF6N5O16P/c1-2-3-4-5-6-7-8-9-10-11-17-66-28(38(61)62)21-67-72(64,65)71-40-34(29(33(59)35(70-40)37(52)60)55-41(63)53-24-15-16-26(44)25(19-24)43(48,49)50)69-39-30(32(58)31(57)27(20-56)68-39)54-36(51)22-13-12-14-23(18-22)42(45,46)47/h12-16,18-19,27-35,39-40,56-59H,2-11,17,20-21H2,1H3,(H2,51,54)(H2,52,60)(H,61,62)(H,64,65)(H2,53,55,63). The molecule has 2 aliphatic rings. The zero-order chi connectivity index (χ0) is 53.6. The molecule has 12 atom stereocenters. The number of aliphatic carboxylic acids is 1. The Morgan fingerprint density at radius 2 is 1.51 bits per heavy atom. The topological polar surface area (TPSA) is 333 Å². The molecular weight excluding hydrogens is 1020 g/mol. The van der Waals surface area contributed by atoms with E-state index in [1.807, 2.05) is 5.32 Å². The second kappa shape index (κ2) is 27.4. The third-order valence-corrected chi connectivity index (χ3v) is 12.6. The fraction of sp³-hybridized carbons (Fsp3) is 0.628. The average molecular weight is 1080 g/mol. The first kappa shape index (κ1) is 60.3. The van der Waals surface area contributed by atoms with Crippen LogP contribution >= 0.6 is 19.4 Å². The molecule has 2 aliphatic heterocycles. The number of aliphatic hydroxyl groups is 4. The number of urea groups is 1.